The smallest absolute Gasteiger partial charge is 0.106 e. The number of aliphatic hydroxyl groups is 1. The van der Waals surface area contributed by atoms with Gasteiger partial charge in [-0.15, -0.1) is 11.3 Å². The van der Waals surface area contributed by atoms with Crippen LogP contribution in [-0.4, -0.2) is 22.7 Å². The van der Waals surface area contributed by atoms with Crippen LogP contribution in [0.4, 0.5) is 0 Å². The molecule has 1 aromatic heterocycles. The van der Waals surface area contributed by atoms with Crippen molar-refractivity contribution < 1.29 is 5.11 Å². The molecule has 0 amide bonds. The van der Waals surface area contributed by atoms with Gasteiger partial charge in [-0.3, -0.25) is 0 Å². The number of nitrogens with zero attached hydrogens (tertiary/aromatic N) is 1. The standard InChI is InChI=1S/C9H16N2OS/c1-7(2)8(6-12)11-5-9-10-3-4-13-9/h3-4,7-8,11-12H,5-6H2,1-2H3/t8-/m1/s1. The molecular weight excluding hydrogens is 184 g/mol. The molecule has 0 saturated heterocycles. The first-order valence-corrected chi connectivity index (χ1v) is 5.34. The summed E-state index contributed by atoms with van der Waals surface area (Å²) in [5.74, 6) is 0.449. The van der Waals surface area contributed by atoms with Crippen LogP contribution < -0.4 is 5.32 Å². The molecule has 0 fully saturated rings. The molecule has 0 radical (unpaired) electrons. The molecule has 3 nitrogen and oxygen atoms in total. The van der Waals surface area contributed by atoms with Crippen LogP contribution in [0.25, 0.3) is 0 Å². The van der Waals surface area contributed by atoms with Gasteiger partial charge in [0.2, 0.25) is 0 Å². The molecule has 1 aromatic rings. The Bertz CT molecular complexity index is 224. The second kappa shape index (κ2) is 5.32. The maximum atomic E-state index is 9.05. The van der Waals surface area contributed by atoms with Crippen molar-refractivity contribution in [2.75, 3.05) is 6.61 Å². The largest absolute Gasteiger partial charge is 0.395 e. The number of rotatable bonds is 5. The van der Waals surface area contributed by atoms with Crippen molar-refractivity contribution in [1.29, 1.82) is 0 Å². The quantitative estimate of drug-likeness (QED) is 0.752. The fraction of sp³-hybridized carbons (Fsp3) is 0.667. The summed E-state index contributed by atoms with van der Waals surface area (Å²) in [5, 5.41) is 15.3. The molecule has 1 atom stereocenters. The zero-order chi connectivity index (χ0) is 9.68. The van der Waals surface area contributed by atoms with Crippen LogP contribution in [-0.2, 0) is 6.54 Å². The van der Waals surface area contributed by atoms with E-state index in [0.717, 1.165) is 11.6 Å². The summed E-state index contributed by atoms with van der Waals surface area (Å²) < 4.78 is 0. The van der Waals surface area contributed by atoms with E-state index in [1.165, 1.54) is 0 Å². The summed E-state index contributed by atoms with van der Waals surface area (Å²) in [6.45, 7) is 5.12. The average molecular weight is 200 g/mol. The van der Waals surface area contributed by atoms with E-state index in [9.17, 15) is 0 Å². The Labute approximate surface area is 82.8 Å². The van der Waals surface area contributed by atoms with Crippen LogP contribution in [0, 0.1) is 5.92 Å². The molecule has 0 aromatic carbocycles. The molecule has 74 valence electrons. The average Bonchev–Trinajstić information content (AvgIpc) is 2.57. The molecule has 0 unspecified atom stereocenters. The minimum absolute atomic E-state index is 0.170. The highest BCUT2D eigenvalue weighted by Gasteiger charge is 2.11. The van der Waals surface area contributed by atoms with Crippen LogP contribution in [0.2, 0.25) is 0 Å². The molecule has 0 aliphatic rings. The van der Waals surface area contributed by atoms with Gasteiger partial charge in [0.05, 0.1) is 6.61 Å². The van der Waals surface area contributed by atoms with E-state index in [1.54, 1.807) is 17.5 Å². The molecular formula is C9H16N2OS. The summed E-state index contributed by atoms with van der Waals surface area (Å²) in [6, 6.07) is 0.170. The van der Waals surface area contributed by atoms with Gasteiger partial charge < -0.3 is 10.4 Å². The van der Waals surface area contributed by atoms with E-state index in [-0.39, 0.29) is 12.6 Å². The molecule has 2 N–H and O–H groups in total. The van der Waals surface area contributed by atoms with Crippen molar-refractivity contribution in [2.45, 2.75) is 26.4 Å². The molecule has 0 aliphatic heterocycles. The molecule has 0 spiro atoms. The second-order valence-corrected chi connectivity index (χ2v) is 4.32. The number of nitrogens with one attached hydrogen (secondary N) is 1. The molecule has 0 saturated carbocycles. The van der Waals surface area contributed by atoms with Gasteiger partial charge in [0.25, 0.3) is 0 Å². The summed E-state index contributed by atoms with van der Waals surface area (Å²) in [5.41, 5.74) is 0. The Balaban J connectivity index is 2.32. The van der Waals surface area contributed by atoms with Gasteiger partial charge in [-0.1, -0.05) is 13.8 Å². The highest BCUT2D eigenvalue weighted by Crippen LogP contribution is 2.06. The van der Waals surface area contributed by atoms with Gasteiger partial charge in [-0.25, -0.2) is 4.98 Å². The van der Waals surface area contributed by atoms with E-state index >= 15 is 0 Å². The van der Waals surface area contributed by atoms with Crippen molar-refractivity contribution in [3.8, 4) is 0 Å². The first-order chi connectivity index (χ1) is 6.24. The zero-order valence-corrected chi connectivity index (χ0v) is 8.84. The maximum absolute atomic E-state index is 9.05. The second-order valence-electron chi connectivity index (χ2n) is 3.34. The highest BCUT2D eigenvalue weighted by atomic mass is 32.1. The van der Waals surface area contributed by atoms with Crippen molar-refractivity contribution in [3.63, 3.8) is 0 Å². The van der Waals surface area contributed by atoms with Crippen molar-refractivity contribution >= 4 is 11.3 Å². The lowest BCUT2D eigenvalue weighted by molar-refractivity contribution is 0.210. The van der Waals surface area contributed by atoms with E-state index in [4.69, 9.17) is 5.11 Å². The summed E-state index contributed by atoms with van der Waals surface area (Å²) in [4.78, 5) is 4.16. The fourth-order valence-corrected chi connectivity index (χ4v) is 1.64. The monoisotopic (exact) mass is 200 g/mol. The molecule has 1 heterocycles. The number of aromatic nitrogens is 1. The first kappa shape index (κ1) is 10.6. The summed E-state index contributed by atoms with van der Waals surface area (Å²) >= 11 is 1.63. The fourth-order valence-electron chi connectivity index (χ4n) is 1.07. The number of hydrogen-bond acceptors (Lipinski definition) is 4. The lowest BCUT2D eigenvalue weighted by Crippen LogP contribution is -2.36. The topological polar surface area (TPSA) is 45.1 Å². The van der Waals surface area contributed by atoms with E-state index in [2.05, 4.69) is 24.1 Å². The molecule has 4 heteroatoms. The van der Waals surface area contributed by atoms with E-state index in [0.29, 0.717) is 5.92 Å². The van der Waals surface area contributed by atoms with E-state index in [1.807, 2.05) is 5.38 Å². The Morgan fingerprint density at radius 1 is 1.62 bits per heavy atom. The van der Waals surface area contributed by atoms with Crippen molar-refractivity contribution in [2.24, 2.45) is 5.92 Å². The minimum atomic E-state index is 0.170. The van der Waals surface area contributed by atoms with Gasteiger partial charge >= 0.3 is 0 Å². The Morgan fingerprint density at radius 2 is 2.38 bits per heavy atom. The number of aliphatic hydroxyl groups excluding tert-OH is 1. The van der Waals surface area contributed by atoms with Crippen LogP contribution in [0.5, 0.6) is 0 Å². The Kier molecular flexibility index (Phi) is 4.35. The normalized spacial score (nSPS) is 13.5. The SMILES string of the molecule is CC(C)[C@@H](CO)NCc1nccs1. The predicted octanol–water partition coefficient (Wildman–Crippen LogP) is 1.25. The Morgan fingerprint density at radius 3 is 2.85 bits per heavy atom. The van der Waals surface area contributed by atoms with Gasteiger partial charge in [-0.05, 0) is 5.92 Å². The third-order valence-corrected chi connectivity index (χ3v) is 2.78. The first-order valence-electron chi connectivity index (χ1n) is 4.46. The Hall–Kier alpha value is -0.450. The van der Waals surface area contributed by atoms with Crippen LogP contribution >= 0.6 is 11.3 Å². The maximum Gasteiger partial charge on any atom is 0.106 e. The molecule has 0 bridgehead atoms. The summed E-state index contributed by atoms with van der Waals surface area (Å²) in [6.07, 6.45) is 1.80. The molecule has 13 heavy (non-hydrogen) atoms. The van der Waals surface area contributed by atoms with Crippen molar-refractivity contribution in [3.05, 3.63) is 16.6 Å². The molecule has 1 rings (SSSR count). The third kappa shape index (κ3) is 3.42. The van der Waals surface area contributed by atoms with Gasteiger partial charge in [0.15, 0.2) is 0 Å². The number of hydrogen-bond donors (Lipinski definition) is 2. The highest BCUT2D eigenvalue weighted by molar-refractivity contribution is 7.09. The van der Waals surface area contributed by atoms with E-state index < -0.39 is 0 Å². The summed E-state index contributed by atoms with van der Waals surface area (Å²) in [7, 11) is 0. The zero-order valence-electron chi connectivity index (χ0n) is 8.03. The van der Waals surface area contributed by atoms with Gasteiger partial charge in [-0.2, -0.15) is 0 Å². The van der Waals surface area contributed by atoms with Crippen LogP contribution in [0.15, 0.2) is 11.6 Å². The van der Waals surface area contributed by atoms with Crippen molar-refractivity contribution in [1.82, 2.24) is 10.3 Å². The lowest BCUT2D eigenvalue weighted by atomic mass is 10.1. The lowest BCUT2D eigenvalue weighted by Gasteiger charge is -2.18. The van der Waals surface area contributed by atoms with Crippen LogP contribution in [0.1, 0.15) is 18.9 Å². The minimum Gasteiger partial charge on any atom is -0.395 e. The van der Waals surface area contributed by atoms with Crippen LogP contribution in [0.3, 0.4) is 0 Å². The third-order valence-electron chi connectivity index (χ3n) is 2.00. The predicted molar refractivity (Wildman–Crippen MR) is 54.7 cm³/mol. The van der Waals surface area contributed by atoms with Gasteiger partial charge in [0, 0.05) is 24.2 Å². The van der Waals surface area contributed by atoms with Gasteiger partial charge in [0.1, 0.15) is 5.01 Å². The molecule has 0 aliphatic carbocycles. The number of thiazole rings is 1.